The molecule has 2 aromatic rings. The van der Waals surface area contributed by atoms with Gasteiger partial charge in [0.1, 0.15) is 0 Å². The van der Waals surface area contributed by atoms with E-state index in [1.165, 1.54) is 11.1 Å². The molecule has 2 rings (SSSR count). The maximum absolute atomic E-state index is 12.5. The van der Waals surface area contributed by atoms with Crippen molar-refractivity contribution >= 4 is 5.78 Å². The Labute approximate surface area is 139 Å². The zero-order valence-electron chi connectivity index (χ0n) is 15.2. The monoisotopic (exact) mass is 312 g/mol. The summed E-state index contributed by atoms with van der Waals surface area (Å²) < 4.78 is 2.24. The Morgan fingerprint density at radius 2 is 1.83 bits per heavy atom. The van der Waals surface area contributed by atoms with Crippen molar-refractivity contribution in [2.45, 2.75) is 53.6 Å². The van der Waals surface area contributed by atoms with Gasteiger partial charge in [0, 0.05) is 29.0 Å². The van der Waals surface area contributed by atoms with Crippen LogP contribution in [0.1, 0.15) is 53.6 Å². The van der Waals surface area contributed by atoms with E-state index in [1.807, 2.05) is 19.1 Å². The molecule has 0 unspecified atom stereocenters. The predicted octanol–water partition coefficient (Wildman–Crippen LogP) is 4.14. The molecule has 0 aliphatic heterocycles. The maximum Gasteiger partial charge on any atom is 0.178 e. The average Bonchev–Trinajstić information content (AvgIpc) is 2.73. The van der Waals surface area contributed by atoms with Gasteiger partial charge in [-0.1, -0.05) is 29.8 Å². The number of nitrogens with zero attached hydrogens (tertiary/aromatic N) is 1. The number of hydrogen-bond donors (Lipinski definition) is 1. The highest BCUT2D eigenvalue weighted by atomic mass is 16.1. The van der Waals surface area contributed by atoms with Crippen molar-refractivity contribution in [3.63, 3.8) is 0 Å². The normalized spacial score (nSPS) is 11.7. The van der Waals surface area contributed by atoms with Crippen molar-refractivity contribution in [1.29, 1.82) is 0 Å². The van der Waals surface area contributed by atoms with E-state index in [-0.39, 0.29) is 11.3 Å². The van der Waals surface area contributed by atoms with Gasteiger partial charge in [-0.15, -0.1) is 0 Å². The largest absolute Gasteiger partial charge is 0.343 e. The molecule has 0 saturated heterocycles. The van der Waals surface area contributed by atoms with Gasteiger partial charge in [-0.25, -0.2) is 0 Å². The molecule has 0 bridgehead atoms. The van der Waals surface area contributed by atoms with E-state index in [0.29, 0.717) is 13.1 Å². The number of hydrogen-bond acceptors (Lipinski definition) is 2. The first-order chi connectivity index (χ1) is 10.7. The number of rotatable bonds is 5. The van der Waals surface area contributed by atoms with Crippen LogP contribution in [0.15, 0.2) is 30.3 Å². The smallest absolute Gasteiger partial charge is 0.178 e. The van der Waals surface area contributed by atoms with Crippen LogP contribution in [0.5, 0.6) is 0 Å². The fourth-order valence-electron chi connectivity index (χ4n) is 3.31. The van der Waals surface area contributed by atoms with Gasteiger partial charge in [-0.05, 0) is 53.2 Å². The van der Waals surface area contributed by atoms with E-state index in [1.54, 1.807) is 0 Å². The zero-order chi connectivity index (χ0) is 17.2. The second-order valence-electron chi connectivity index (χ2n) is 7.31. The number of benzene rings is 1. The average molecular weight is 312 g/mol. The van der Waals surface area contributed by atoms with Crippen molar-refractivity contribution in [1.82, 2.24) is 9.88 Å². The molecule has 0 aliphatic rings. The molecule has 1 aromatic carbocycles. The molecule has 3 heteroatoms. The Morgan fingerprint density at radius 1 is 1.13 bits per heavy atom. The van der Waals surface area contributed by atoms with Crippen LogP contribution in [0.2, 0.25) is 0 Å². The third-order valence-corrected chi connectivity index (χ3v) is 4.10. The van der Waals surface area contributed by atoms with E-state index >= 15 is 0 Å². The zero-order valence-corrected chi connectivity index (χ0v) is 15.2. The van der Waals surface area contributed by atoms with Gasteiger partial charge in [0.05, 0.1) is 6.54 Å². The Bertz CT molecular complexity index is 705. The van der Waals surface area contributed by atoms with Crippen LogP contribution >= 0.6 is 0 Å². The lowest BCUT2D eigenvalue weighted by molar-refractivity contribution is 0.0990. The molecule has 0 radical (unpaired) electrons. The minimum Gasteiger partial charge on any atom is -0.343 e. The number of ketones is 1. The topological polar surface area (TPSA) is 34.0 Å². The van der Waals surface area contributed by atoms with E-state index < -0.39 is 0 Å². The number of carbonyl (C=O) groups excluding carboxylic acids is 1. The molecule has 0 amide bonds. The van der Waals surface area contributed by atoms with Crippen molar-refractivity contribution in [2.24, 2.45) is 0 Å². The molecular formula is C20H28N2O. The summed E-state index contributed by atoms with van der Waals surface area (Å²) in [6.45, 7) is 13.7. The molecule has 1 aromatic heterocycles. The molecule has 0 fully saturated rings. The number of aryl methyl sites for hydroxylation is 2. The molecule has 0 atom stereocenters. The highest BCUT2D eigenvalue weighted by Gasteiger charge is 2.22. The third-order valence-electron chi connectivity index (χ3n) is 4.10. The van der Waals surface area contributed by atoms with Crippen molar-refractivity contribution < 1.29 is 4.79 Å². The van der Waals surface area contributed by atoms with Crippen LogP contribution in [0.25, 0.3) is 0 Å². The van der Waals surface area contributed by atoms with Gasteiger partial charge in [0.25, 0.3) is 0 Å². The van der Waals surface area contributed by atoms with Crippen molar-refractivity contribution in [2.75, 3.05) is 6.54 Å². The summed E-state index contributed by atoms with van der Waals surface area (Å²) in [6.07, 6.45) is 0. The lowest BCUT2D eigenvalue weighted by Crippen LogP contribution is -2.26. The van der Waals surface area contributed by atoms with Crippen molar-refractivity contribution in [3.8, 4) is 0 Å². The second kappa shape index (κ2) is 6.71. The van der Waals surface area contributed by atoms with Gasteiger partial charge >= 0.3 is 0 Å². The predicted molar refractivity (Wildman–Crippen MR) is 96.1 cm³/mol. The fourth-order valence-corrected chi connectivity index (χ4v) is 3.31. The second-order valence-corrected chi connectivity index (χ2v) is 7.31. The number of Topliss-reactive ketones (excluding diaryl/α,β-unsaturated/α-hetero) is 1. The van der Waals surface area contributed by atoms with Gasteiger partial charge < -0.3 is 9.88 Å². The lowest BCUT2D eigenvalue weighted by atomic mass is 10.1. The van der Waals surface area contributed by atoms with E-state index in [4.69, 9.17) is 0 Å². The summed E-state index contributed by atoms with van der Waals surface area (Å²) in [5.74, 6) is 0.154. The Morgan fingerprint density at radius 3 is 2.39 bits per heavy atom. The first-order valence-electron chi connectivity index (χ1n) is 8.19. The van der Waals surface area contributed by atoms with Gasteiger partial charge in [0.2, 0.25) is 0 Å². The number of nitrogens with one attached hydrogen (secondary N) is 1. The summed E-state index contributed by atoms with van der Waals surface area (Å²) >= 11 is 0. The highest BCUT2D eigenvalue weighted by Crippen LogP contribution is 2.24. The standard InChI is InChI=1S/C20H28N2O/c1-14-8-7-9-17(10-14)12-21-13-19(23)18-11-15(2)22(16(18)3)20(4,5)6/h7-11,21H,12-13H2,1-6H3. The highest BCUT2D eigenvalue weighted by molar-refractivity contribution is 5.99. The molecule has 0 spiro atoms. The molecule has 124 valence electrons. The quantitative estimate of drug-likeness (QED) is 0.842. The van der Waals surface area contributed by atoms with Crippen LogP contribution in [-0.2, 0) is 12.1 Å². The first kappa shape index (κ1) is 17.5. The Hall–Kier alpha value is -1.87. The number of carbonyl (C=O) groups is 1. The third kappa shape index (κ3) is 4.11. The molecule has 0 aliphatic carbocycles. The van der Waals surface area contributed by atoms with Crippen LogP contribution in [0.3, 0.4) is 0 Å². The minimum absolute atomic E-state index is 0.0122. The first-order valence-corrected chi connectivity index (χ1v) is 8.19. The molecule has 0 saturated carbocycles. The van der Waals surface area contributed by atoms with E-state index in [9.17, 15) is 4.79 Å². The summed E-state index contributed by atoms with van der Waals surface area (Å²) in [5, 5.41) is 3.26. The summed E-state index contributed by atoms with van der Waals surface area (Å²) in [4.78, 5) is 12.5. The van der Waals surface area contributed by atoms with Crippen LogP contribution in [0, 0.1) is 20.8 Å². The Balaban J connectivity index is 2.04. The van der Waals surface area contributed by atoms with Crippen molar-refractivity contribution in [3.05, 3.63) is 58.4 Å². The molecule has 1 N–H and O–H groups in total. The van der Waals surface area contributed by atoms with E-state index in [2.05, 4.69) is 62.7 Å². The van der Waals surface area contributed by atoms with E-state index in [0.717, 1.165) is 17.0 Å². The minimum atomic E-state index is -0.0122. The van der Waals surface area contributed by atoms with Crippen LogP contribution < -0.4 is 5.32 Å². The van der Waals surface area contributed by atoms with Gasteiger partial charge in [-0.2, -0.15) is 0 Å². The summed E-state index contributed by atoms with van der Waals surface area (Å²) in [6, 6.07) is 10.4. The fraction of sp³-hybridized carbons (Fsp3) is 0.450. The molecule has 3 nitrogen and oxygen atoms in total. The molecule has 1 heterocycles. The molecule has 23 heavy (non-hydrogen) atoms. The Kier molecular flexibility index (Phi) is 5.10. The van der Waals surface area contributed by atoms with Crippen LogP contribution in [-0.4, -0.2) is 16.9 Å². The lowest BCUT2D eigenvalue weighted by Gasteiger charge is -2.25. The van der Waals surface area contributed by atoms with Crippen LogP contribution in [0.4, 0.5) is 0 Å². The maximum atomic E-state index is 12.5. The summed E-state index contributed by atoms with van der Waals surface area (Å²) in [5.41, 5.74) is 5.45. The van der Waals surface area contributed by atoms with Gasteiger partial charge in [0.15, 0.2) is 5.78 Å². The molecular weight excluding hydrogens is 284 g/mol. The SMILES string of the molecule is Cc1cccc(CNCC(=O)c2cc(C)n(C(C)(C)C)c2C)c1. The van der Waals surface area contributed by atoms with Gasteiger partial charge in [-0.3, -0.25) is 4.79 Å². The number of aromatic nitrogens is 1. The summed E-state index contributed by atoms with van der Waals surface area (Å²) in [7, 11) is 0.